The van der Waals surface area contributed by atoms with E-state index in [4.69, 9.17) is 4.74 Å². The Bertz CT molecular complexity index is 594. The summed E-state index contributed by atoms with van der Waals surface area (Å²) in [7, 11) is 0. The minimum Gasteiger partial charge on any atom is -0.457 e. The number of hydrogen-bond donors (Lipinski definition) is 0. The van der Waals surface area contributed by atoms with Gasteiger partial charge in [-0.3, -0.25) is 4.79 Å². The Kier molecular flexibility index (Phi) is 4.19. The fourth-order valence-corrected chi connectivity index (χ4v) is 2.25. The maximum atomic E-state index is 11.5. The summed E-state index contributed by atoms with van der Waals surface area (Å²) in [6.07, 6.45) is 0. The SMILES string of the molecule is CC(=O)c1ccc(Br)cc1Oc1cccc(Br)c1. The summed E-state index contributed by atoms with van der Waals surface area (Å²) in [6.45, 7) is 1.52. The Morgan fingerprint density at radius 1 is 1.06 bits per heavy atom. The van der Waals surface area contributed by atoms with Crippen LogP contribution in [0.4, 0.5) is 0 Å². The van der Waals surface area contributed by atoms with Gasteiger partial charge in [-0.2, -0.15) is 0 Å². The highest BCUT2D eigenvalue weighted by Gasteiger charge is 2.10. The minimum absolute atomic E-state index is 0.0208. The van der Waals surface area contributed by atoms with Crippen LogP contribution in [0.5, 0.6) is 11.5 Å². The van der Waals surface area contributed by atoms with Gasteiger partial charge in [-0.15, -0.1) is 0 Å². The summed E-state index contributed by atoms with van der Waals surface area (Å²) >= 11 is 6.75. The zero-order valence-corrected chi connectivity index (χ0v) is 12.8. The van der Waals surface area contributed by atoms with Crippen molar-refractivity contribution in [1.82, 2.24) is 0 Å². The van der Waals surface area contributed by atoms with Crippen LogP contribution in [0, 0.1) is 0 Å². The Hall–Kier alpha value is -1.13. The van der Waals surface area contributed by atoms with Crippen LogP contribution in [0.25, 0.3) is 0 Å². The molecule has 0 amide bonds. The van der Waals surface area contributed by atoms with Crippen molar-refractivity contribution in [3.63, 3.8) is 0 Å². The zero-order valence-electron chi connectivity index (χ0n) is 9.61. The molecule has 0 heterocycles. The second-order valence-corrected chi connectivity index (χ2v) is 5.59. The van der Waals surface area contributed by atoms with E-state index in [9.17, 15) is 4.79 Å². The third kappa shape index (κ3) is 3.21. The van der Waals surface area contributed by atoms with Crippen molar-refractivity contribution in [2.75, 3.05) is 0 Å². The van der Waals surface area contributed by atoms with Crippen molar-refractivity contribution < 1.29 is 9.53 Å². The number of benzene rings is 2. The van der Waals surface area contributed by atoms with Gasteiger partial charge in [0.15, 0.2) is 5.78 Å². The van der Waals surface area contributed by atoms with Crippen LogP contribution in [-0.4, -0.2) is 5.78 Å². The number of halogens is 2. The molecule has 2 nitrogen and oxygen atoms in total. The van der Waals surface area contributed by atoms with E-state index in [1.807, 2.05) is 30.3 Å². The van der Waals surface area contributed by atoms with Gasteiger partial charge in [0.2, 0.25) is 0 Å². The smallest absolute Gasteiger partial charge is 0.163 e. The topological polar surface area (TPSA) is 26.3 Å². The van der Waals surface area contributed by atoms with Crippen molar-refractivity contribution in [3.05, 3.63) is 57.0 Å². The van der Waals surface area contributed by atoms with E-state index in [0.29, 0.717) is 17.1 Å². The van der Waals surface area contributed by atoms with Crippen molar-refractivity contribution in [2.24, 2.45) is 0 Å². The molecule has 0 saturated heterocycles. The molecular weight excluding hydrogens is 360 g/mol. The lowest BCUT2D eigenvalue weighted by Gasteiger charge is -2.10. The Morgan fingerprint density at radius 2 is 1.78 bits per heavy atom. The molecule has 0 fully saturated rings. The van der Waals surface area contributed by atoms with Gasteiger partial charge in [-0.25, -0.2) is 0 Å². The molecule has 2 rings (SSSR count). The van der Waals surface area contributed by atoms with Crippen molar-refractivity contribution in [2.45, 2.75) is 6.92 Å². The molecular formula is C14H10Br2O2. The molecule has 4 heteroatoms. The first-order valence-corrected chi connectivity index (χ1v) is 6.89. The summed E-state index contributed by atoms with van der Waals surface area (Å²) in [4.78, 5) is 11.5. The standard InChI is InChI=1S/C14H10Br2O2/c1-9(17)13-6-5-11(16)8-14(13)18-12-4-2-3-10(15)7-12/h2-8H,1H3. The fraction of sp³-hybridized carbons (Fsp3) is 0.0714. The molecule has 0 aromatic heterocycles. The van der Waals surface area contributed by atoms with E-state index in [2.05, 4.69) is 31.9 Å². The number of ketones is 1. The Labute approximate surface area is 122 Å². The average molecular weight is 370 g/mol. The largest absolute Gasteiger partial charge is 0.457 e. The number of ether oxygens (including phenoxy) is 1. The van der Waals surface area contributed by atoms with Crippen molar-refractivity contribution in [3.8, 4) is 11.5 Å². The van der Waals surface area contributed by atoms with Crippen LogP contribution in [0.3, 0.4) is 0 Å². The maximum Gasteiger partial charge on any atom is 0.163 e. The molecule has 92 valence electrons. The van der Waals surface area contributed by atoms with Gasteiger partial charge in [0.1, 0.15) is 11.5 Å². The first-order chi connectivity index (χ1) is 8.56. The molecule has 0 aliphatic heterocycles. The Morgan fingerprint density at radius 3 is 2.44 bits per heavy atom. The summed E-state index contributed by atoms with van der Waals surface area (Å²) in [6, 6.07) is 12.9. The first-order valence-electron chi connectivity index (χ1n) is 5.30. The van der Waals surface area contributed by atoms with E-state index < -0.39 is 0 Å². The van der Waals surface area contributed by atoms with Gasteiger partial charge in [-0.05, 0) is 43.3 Å². The summed E-state index contributed by atoms with van der Waals surface area (Å²) in [5, 5.41) is 0. The highest BCUT2D eigenvalue weighted by Crippen LogP contribution is 2.30. The minimum atomic E-state index is -0.0208. The molecule has 0 saturated carbocycles. The summed E-state index contributed by atoms with van der Waals surface area (Å²) < 4.78 is 7.55. The van der Waals surface area contributed by atoms with Crippen LogP contribution >= 0.6 is 31.9 Å². The third-order valence-corrected chi connectivity index (χ3v) is 3.33. The molecule has 2 aromatic carbocycles. The third-order valence-electron chi connectivity index (χ3n) is 2.35. The first kappa shape index (κ1) is 13.3. The van der Waals surface area contributed by atoms with Gasteiger partial charge in [0.25, 0.3) is 0 Å². The lowest BCUT2D eigenvalue weighted by molar-refractivity contribution is 0.101. The molecule has 0 aliphatic carbocycles. The average Bonchev–Trinajstić information content (AvgIpc) is 2.28. The summed E-state index contributed by atoms with van der Waals surface area (Å²) in [5.41, 5.74) is 0.568. The molecule has 0 aliphatic rings. The van der Waals surface area contributed by atoms with Crippen LogP contribution in [-0.2, 0) is 0 Å². The second kappa shape index (κ2) is 5.67. The lowest BCUT2D eigenvalue weighted by Crippen LogP contribution is -1.97. The van der Waals surface area contributed by atoms with Gasteiger partial charge < -0.3 is 4.74 Å². The fourth-order valence-electron chi connectivity index (χ4n) is 1.53. The maximum absolute atomic E-state index is 11.5. The molecule has 0 unspecified atom stereocenters. The summed E-state index contributed by atoms with van der Waals surface area (Å²) in [5.74, 6) is 1.22. The Balaban J connectivity index is 2.39. The number of rotatable bonds is 3. The van der Waals surface area contributed by atoms with Gasteiger partial charge in [0.05, 0.1) is 5.56 Å². The van der Waals surface area contributed by atoms with Gasteiger partial charge in [0, 0.05) is 8.95 Å². The van der Waals surface area contributed by atoms with E-state index >= 15 is 0 Å². The van der Waals surface area contributed by atoms with Crippen LogP contribution in [0.1, 0.15) is 17.3 Å². The second-order valence-electron chi connectivity index (χ2n) is 3.76. The predicted molar refractivity (Wildman–Crippen MR) is 78.4 cm³/mol. The van der Waals surface area contributed by atoms with Crippen molar-refractivity contribution >= 4 is 37.6 Å². The highest BCUT2D eigenvalue weighted by atomic mass is 79.9. The van der Waals surface area contributed by atoms with Crippen LogP contribution < -0.4 is 4.74 Å². The molecule has 0 radical (unpaired) electrons. The molecule has 18 heavy (non-hydrogen) atoms. The normalized spacial score (nSPS) is 10.2. The predicted octanol–water partition coefficient (Wildman–Crippen LogP) is 5.21. The van der Waals surface area contributed by atoms with E-state index in [1.165, 1.54) is 6.92 Å². The van der Waals surface area contributed by atoms with Crippen LogP contribution in [0.15, 0.2) is 51.4 Å². The van der Waals surface area contributed by atoms with Gasteiger partial charge >= 0.3 is 0 Å². The molecule has 0 bridgehead atoms. The highest BCUT2D eigenvalue weighted by molar-refractivity contribution is 9.10. The molecule has 2 aromatic rings. The number of Topliss-reactive ketones (excluding diaryl/α,β-unsaturated/α-hetero) is 1. The van der Waals surface area contributed by atoms with Gasteiger partial charge in [-0.1, -0.05) is 37.9 Å². The van der Waals surface area contributed by atoms with Crippen molar-refractivity contribution in [1.29, 1.82) is 0 Å². The number of hydrogen-bond acceptors (Lipinski definition) is 2. The molecule has 0 N–H and O–H groups in total. The number of carbonyl (C=O) groups excluding carboxylic acids is 1. The quantitative estimate of drug-likeness (QED) is 0.694. The zero-order chi connectivity index (χ0) is 13.1. The van der Waals surface area contributed by atoms with E-state index in [-0.39, 0.29) is 5.78 Å². The lowest BCUT2D eigenvalue weighted by atomic mass is 10.1. The number of carbonyl (C=O) groups is 1. The molecule has 0 atom stereocenters. The van der Waals surface area contributed by atoms with E-state index in [0.717, 1.165) is 8.95 Å². The molecule has 0 spiro atoms. The van der Waals surface area contributed by atoms with E-state index in [1.54, 1.807) is 12.1 Å². The van der Waals surface area contributed by atoms with Crippen LogP contribution in [0.2, 0.25) is 0 Å². The monoisotopic (exact) mass is 368 g/mol.